The van der Waals surface area contributed by atoms with E-state index in [0.29, 0.717) is 0 Å². The molecule has 0 atom stereocenters. The fraction of sp³-hybridized carbons (Fsp3) is 0.750. The van der Waals surface area contributed by atoms with Gasteiger partial charge in [-0.3, -0.25) is 0 Å². The molecular weight excluding hydrogens is 206 g/mol. The summed E-state index contributed by atoms with van der Waals surface area (Å²) in [4.78, 5) is 4.20. The highest BCUT2D eigenvalue weighted by Crippen LogP contribution is 2.10. The minimum atomic E-state index is 0.762. The molecule has 0 radical (unpaired) electrons. The Kier molecular flexibility index (Phi) is 5.08. The van der Waals surface area contributed by atoms with Crippen molar-refractivity contribution in [3.63, 3.8) is 0 Å². The molecule has 0 saturated carbocycles. The summed E-state index contributed by atoms with van der Waals surface area (Å²) in [5.41, 5.74) is 0. The minimum absolute atomic E-state index is 0.762. The highest BCUT2D eigenvalue weighted by atomic mass is 35.5. The molecule has 1 aromatic heterocycles. The molecule has 0 aliphatic heterocycles. The van der Waals surface area contributed by atoms with E-state index in [1.165, 1.54) is 18.0 Å². The standard InChI is InChI=1S/C8H14ClN3S/c1-7-11-8(13-12-7)10-6-4-2-3-5-9/h2-6H2,1H3,(H,10,11,12). The lowest BCUT2D eigenvalue weighted by molar-refractivity contribution is 0.747. The molecule has 1 N–H and O–H groups in total. The Bertz CT molecular complexity index is 239. The van der Waals surface area contributed by atoms with E-state index in [9.17, 15) is 0 Å². The Morgan fingerprint density at radius 3 is 2.85 bits per heavy atom. The zero-order valence-corrected chi connectivity index (χ0v) is 9.29. The predicted molar refractivity (Wildman–Crippen MR) is 57.7 cm³/mol. The first-order valence-electron chi connectivity index (χ1n) is 4.43. The van der Waals surface area contributed by atoms with Gasteiger partial charge in [-0.15, -0.1) is 11.6 Å². The van der Waals surface area contributed by atoms with Crippen molar-refractivity contribution in [1.82, 2.24) is 9.36 Å². The molecule has 1 aromatic rings. The quantitative estimate of drug-likeness (QED) is 0.591. The minimum Gasteiger partial charge on any atom is -0.360 e. The Hall–Kier alpha value is -0.350. The van der Waals surface area contributed by atoms with Crippen molar-refractivity contribution in [3.8, 4) is 0 Å². The third-order valence-electron chi connectivity index (χ3n) is 1.61. The van der Waals surface area contributed by atoms with Crippen LogP contribution in [0.2, 0.25) is 0 Å². The maximum atomic E-state index is 5.56. The largest absolute Gasteiger partial charge is 0.360 e. The van der Waals surface area contributed by atoms with Crippen LogP contribution in [0, 0.1) is 6.92 Å². The van der Waals surface area contributed by atoms with Crippen LogP contribution in [0.1, 0.15) is 25.1 Å². The zero-order valence-electron chi connectivity index (χ0n) is 7.72. The van der Waals surface area contributed by atoms with E-state index in [-0.39, 0.29) is 0 Å². The van der Waals surface area contributed by atoms with Gasteiger partial charge in [-0.25, -0.2) is 4.98 Å². The van der Waals surface area contributed by atoms with Crippen LogP contribution in [-0.4, -0.2) is 21.8 Å². The summed E-state index contributed by atoms with van der Waals surface area (Å²) in [6.07, 6.45) is 3.41. The van der Waals surface area contributed by atoms with E-state index in [1.807, 2.05) is 6.92 Å². The second-order valence-electron chi connectivity index (χ2n) is 2.82. The summed E-state index contributed by atoms with van der Waals surface area (Å²) >= 11 is 6.98. The van der Waals surface area contributed by atoms with Crippen LogP contribution in [0.15, 0.2) is 0 Å². The Morgan fingerprint density at radius 1 is 1.38 bits per heavy atom. The summed E-state index contributed by atoms with van der Waals surface area (Å²) < 4.78 is 4.08. The monoisotopic (exact) mass is 219 g/mol. The molecule has 0 aliphatic rings. The molecule has 0 fully saturated rings. The lowest BCUT2D eigenvalue weighted by atomic mass is 10.2. The van der Waals surface area contributed by atoms with Gasteiger partial charge in [0.2, 0.25) is 5.13 Å². The summed E-state index contributed by atoms with van der Waals surface area (Å²) in [5.74, 6) is 1.60. The van der Waals surface area contributed by atoms with E-state index in [0.717, 1.165) is 36.2 Å². The molecule has 5 heteroatoms. The van der Waals surface area contributed by atoms with Gasteiger partial charge in [0.05, 0.1) is 0 Å². The van der Waals surface area contributed by atoms with Crippen molar-refractivity contribution >= 4 is 28.3 Å². The zero-order chi connectivity index (χ0) is 9.52. The maximum Gasteiger partial charge on any atom is 0.202 e. The number of rotatable bonds is 6. The average Bonchev–Trinajstić information content (AvgIpc) is 2.51. The first kappa shape index (κ1) is 10.7. The molecule has 13 heavy (non-hydrogen) atoms. The van der Waals surface area contributed by atoms with Crippen molar-refractivity contribution < 1.29 is 0 Å². The van der Waals surface area contributed by atoms with E-state index < -0.39 is 0 Å². The molecule has 0 spiro atoms. The van der Waals surface area contributed by atoms with Gasteiger partial charge in [0.15, 0.2) is 0 Å². The average molecular weight is 220 g/mol. The number of aryl methyl sites for hydroxylation is 1. The predicted octanol–water partition coefficient (Wildman–Crippen LogP) is 2.67. The van der Waals surface area contributed by atoms with Gasteiger partial charge in [-0.2, -0.15) is 4.37 Å². The van der Waals surface area contributed by atoms with Gasteiger partial charge in [0, 0.05) is 24.0 Å². The van der Waals surface area contributed by atoms with Gasteiger partial charge >= 0.3 is 0 Å². The van der Waals surface area contributed by atoms with E-state index in [1.54, 1.807) is 0 Å². The van der Waals surface area contributed by atoms with Gasteiger partial charge in [-0.05, 0) is 19.8 Å². The topological polar surface area (TPSA) is 37.8 Å². The van der Waals surface area contributed by atoms with Crippen LogP contribution in [0.3, 0.4) is 0 Å². The smallest absolute Gasteiger partial charge is 0.202 e. The Morgan fingerprint density at radius 2 is 2.23 bits per heavy atom. The van der Waals surface area contributed by atoms with E-state index in [4.69, 9.17) is 11.6 Å². The number of halogens is 1. The number of anilines is 1. The highest BCUT2D eigenvalue weighted by molar-refractivity contribution is 7.09. The summed E-state index contributed by atoms with van der Waals surface area (Å²) in [6.45, 7) is 2.86. The second kappa shape index (κ2) is 6.16. The number of hydrogen-bond donors (Lipinski definition) is 1. The van der Waals surface area contributed by atoms with E-state index >= 15 is 0 Å². The lowest BCUT2D eigenvalue weighted by Gasteiger charge is -1.99. The molecule has 1 heterocycles. The van der Waals surface area contributed by atoms with Crippen molar-refractivity contribution in [2.24, 2.45) is 0 Å². The summed E-state index contributed by atoms with van der Waals surface area (Å²) in [6, 6.07) is 0. The van der Waals surface area contributed by atoms with Crippen molar-refractivity contribution in [1.29, 1.82) is 0 Å². The summed E-state index contributed by atoms with van der Waals surface area (Å²) in [7, 11) is 0. The molecule has 0 bridgehead atoms. The molecule has 1 rings (SSSR count). The number of unbranched alkanes of at least 4 members (excludes halogenated alkanes) is 2. The van der Waals surface area contributed by atoms with Crippen molar-refractivity contribution in [3.05, 3.63) is 5.82 Å². The van der Waals surface area contributed by atoms with Gasteiger partial charge in [0.1, 0.15) is 5.82 Å². The number of nitrogens with one attached hydrogen (secondary N) is 1. The van der Waals surface area contributed by atoms with Gasteiger partial charge in [-0.1, -0.05) is 6.42 Å². The first-order valence-corrected chi connectivity index (χ1v) is 5.74. The molecule has 0 aromatic carbocycles. The Labute approximate surface area is 87.7 Å². The second-order valence-corrected chi connectivity index (χ2v) is 3.95. The molecular formula is C8H14ClN3S. The van der Waals surface area contributed by atoms with E-state index in [2.05, 4.69) is 14.7 Å². The third-order valence-corrected chi connectivity index (χ3v) is 2.65. The van der Waals surface area contributed by atoms with Crippen molar-refractivity contribution in [2.75, 3.05) is 17.7 Å². The first-order chi connectivity index (χ1) is 6.33. The van der Waals surface area contributed by atoms with Crippen molar-refractivity contribution in [2.45, 2.75) is 26.2 Å². The SMILES string of the molecule is Cc1nsc(NCCCCCCl)n1. The molecule has 74 valence electrons. The van der Waals surface area contributed by atoms with Crippen LogP contribution in [0.5, 0.6) is 0 Å². The van der Waals surface area contributed by atoms with Crippen LogP contribution in [-0.2, 0) is 0 Å². The van der Waals surface area contributed by atoms with Gasteiger partial charge < -0.3 is 5.32 Å². The lowest BCUT2D eigenvalue weighted by Crippen LogP contribution is -2.00. The fourth-order valence-electron chi connectivity index (χ4n) is 0.960. The molecule has 0 aliphatic carbocycles. The van der Waals surface area contributed by atoms with Crippen LogP contribution >= 0.6 is 23.1 Å². The normalized spacial score (nSPS) is 10.3. The van der Waals surface area contributed by atoms with Crippen LogP contribution < -0.4 is 5.32 Å². The fourth-order valence-corrected chi connectivity index (χ4v) is 1.75. The van der Waals surface area contributed by atoms with Crippen LogP contribution in [0.25, 0.3) is 0 Å². The molecule has 0 unspecified atom stereocenters. The number of alkyl halides is 1. The highest BCUT2D eigenvalue weighted by Gasteiger charge is 1.97. The Balaban J connectivity index is 2.06. The number of aromatic nitrogens is 2. The third kappa shape index (κ3) is 4.43. The maximum absolute atomic E-state index is 5.56. The number of nitrogens with zero attached hydrogens (tertiary/aromatic N) is 2. The molecule has 0 saturated heterocycles. The molecule has 0 amide bonds. The number of hydrogen-bond acceptors (Lipinski definition) is 4. The molecule has 3 nitrogen and oxygen atoms in total. The van der Waals surface area contributed by atoms with Crippen LogP contribution in [0.4, 0.5) is 5.13 Å². The van der Waals surface area contributed by atoms with Gasteiger partial charge in [0.25, 0.3) is 0 Å². The summed E-state index contributed by atoms with van der Waals surface area (Å²) in [5, 5.41) is 4.15.